The van der Waals surface area contributed by atoms with E-state index in [-0.39, 0.29) is 6.61 Å². The Morgan fingerprint density at radius 3 is 1.07 bits per heavy atom. The number of aromatic nitrogens is 12. The molecule has 2 saturated carbocycles. The predicted molar refractivity (Wildman–Crippen MR) is 368 cm³/mol. The van der Waals surface area contributed by atoms with Crippen LogP contribution in [0.3, 0.4) is 0 Å². The first-order valence-corrected chi connectivity index (χ1v) is 31.3. The van der Waals surface area contributed by atoms with Crippen molar-refractivity contribution < 1.29 is 38.3 Å². The predicted octanol–water partition coefficient (Wildman–Crippen LogP) is 12.5. The number of ether oxygens (including phenoxy) is 7. The van der Waals surface area contributed by atoms with Gasteiger partial charge in [0.05, 0.1) is 150 Å². The second-order valence-electron chi connectivity index (χ2n) is 23.3. The first kappa shape index (κ1) is 64.2. The molecule has 95 heavy (non-hydrogen) atoms. The van der Waals surface area contributed by atoms with Crippen LogP contribution in [-0.2, 0) is 25.4 Å². The van der Waals surface area contributed by atoms with Gasteiger partial charge in [-0.15, -0.1) is 0 Å². The van der Waals surface area contributed by atoms with E-state index in [4.69, 9.17) is 48.1 Å². The molecule has 6 heterocycles. The fourth-order valence-electron chi connectivity index (χ4n) is 11.0. The van der Waals surface area contributed by atoms with E-state index in [0.29, 0.717) is 43.0 Å². The van der Waals surface area contributed by atoms with E-state index in [9.17, 15) is 5.11 Å². The number of nitrogens with zero attached hydrogens (tertiary/aromatic N) is 15. The molecule has 0 saturated heterocycles. The van der Waals surface area contributed by atoms with Gasteiger partial charge in [0.1, 0.15) is 34.5 Å². The van der Waals surface area contributed by atoms with Crippen molar-refractivity contribution in [3.8, 4) is 68.3 Å². The van der Waals surface area contributed by atoms with E-state index in [2.05, 4.69) is 64.3 Å². The molecule has 23 nitrogen and oxygen atoms in total. The maximum absolute atomic E-state index is 9.68. The fourth-order valence-corrected chi connectivity index (χ4v) is 11.0. The van der Waals surface area contributed by atoms with Crippen LogP contribution in [0.4, 0.5) is 34.1 Å². The highest BCUT2D eigenvalue weighted by Crippen LogP contribution is 2.42. The first-order valence-electron chi connectivity index (χ1n) is 31.3. The van der Waals surface area contributed by atoms with E-state index >= 15 is 0 Å². The molecule has 6 aromatic carbocycles. The molecule has 2 aliphatic rings. The summed E-state index contributed by atoms with van der Waals surface area (Å²) in [6.45, 7) is 3.57. The number of aliphatic hydroxyl groups excluding tert-OH is 1. The molecule has 0 atom stereocenters. The molecule has 488 valence electrons. The molecule has 0 spiro atoms. The SMILES string of the molecule is COCCn1cc(-c2cnc3ccc(N(CC4CC4)c4cc(OC)cc(OC)c4)cc3n2)cn1.COc1cc(OC)cc(N(CC2CC2)c2ccc3ncc(-c4cnn(C)c4)nc3c2)c1.COc1cc(OC)cc(N(CCO)c2ccc3ncc(-c4cnn(C)c4)nc3c2)c1. The van der Waals surface area contributed by atoms with E-state index < -0.39 is 0 Å². The van der Waals surface area contributed by atoms with Crippen molar-refractivity contribution in [3.63, 3.8) is 0 Å². The highest BCUT2D eigenvalue weighted by atomic mass is 16.5. The molecule has 14 rings (SSSR count). The molecule has 0 amide bonds. The Kier molecular flexibility index (Phi) is 19.8. The van der Waals surface area contributed by atoms with E-state index in [1.807, 2.05) is 140 Å². The molecule has 12 aromatic rings. The largest absolute Gasteiger partial charge is 0.497 e. The van der Waals surface area contributed by atoms with Crippen molar-refractivity contribution in [2.45, 2.75) is 32.2 Å². The average Bonchev–Trinajstić information content (AvgIpc) is 1.76. The lowest BCUT2D eigenvalue weighted by molar-refractivity contribution is 0.183. The summed E-state index contributed by atoms with van der Waals surface area (Å²) in [7, 11) is 15.4. The normalized spacial score (nSPS) is 12.6. The average molecular weight is 1280 g/mol. The number of benzene rings is 6. The highest BCUT2D eigenvalue weighted by molar-refractivity contribution is 5.86. The summed E-state index contributed by atoms with van der Waals surface area (Å²) in [6.07, 6.45) is 21.6. The molecular weight excluding hydrogens is 1200 g/mol. The van der Waals surface area contributed by atoms with E-state index in [1.54, 1.807) is 83.9 Å². The lowest BCUT2D eigenvalue weighted by Crippen LogP contribution is -2.21. The van der Waals surface area contributed by atoms with Crippen LogP contribution in [-0.4, -0.2) is 147 Å². The van der Waals surface area contributed by atoms with Gasteiger partial charge in [-0.2, -0.15) is 15.3 Å². The smallest absolute Gasteiger partial charge is 0.124 e. The molecule has 6 aromatic heterocycles. The number of hydrogen-bond donors (Lipinski definition) is 1. The third-order valence-electron chi connectivity index (χ3n) is 16.5. The highest BCUT2D eigenvalue weighted by Gasteiger charge is 2.28. The molecule has 2 fully saturated rings. The van der Waals surface area contributed by atoms with Crippen LogP contribution in [0.2, 0.25) is 0 Å². The summed E-state index contributed by atoms with van der Waals surface area (Å²) < 4.78 is 43.3. The van der Waals surface area contributed by atoms with E-state index in [0.717, 1.165) is 137 Å². The Labute approximate surface area is 551 Å². The molecule has 0 radical (unpaired) electrons. The van der Waals surface area contributed by atoms with E-state index in [1.165, 1.54) is 25.7 Å². The van der Waals surface area contributed by atoms with Gasteiger partial charge in [0, 0.05) is 165 Å². The minimum atomic E-state index is -0.0149. The molecular formula is C72H77N15O8. The van der Waals surface area contributed by atoms with Crippen LogP contribution in [0.5, 0.6) is 34.5 Å². The van der Waals surface area contributed by atoms with Crippen molar-refractivity contribution in [1.82, 2.24) is 59.2 Å². The van der Waals surface area contributed by atoms with Crippen LogP contribution in [0.25, 0.3) is 66.9 Å². The summed E-state index contributed by atoms with van der Waals surface area (Å²) in [5.41, 5.74) is 16.1. The molecule has 1 N–H and O–H groups in total. The van der Waals surface area contributed by atoms with Gasteiger partial charge < -0.3 is 53.0 Å². The first-order chi connectivity index (χ1) is 46.4. The zero-order valence-electron chi connectivity index (χ0n) is 54.8. The molecule has 0 bridgehead atoms. The van der Waals surface area contributed by atoms with Gasteiger partial charge in [0.25, 0.3) is 0 Å². The van der Waals surface area contributed by atoms with Gasteiger partial charge in [-0.1, -0.05) is 0 Å². The van der Waals surface area contributed by atoms with Gasteiger partial charge in [-0.3, -0.25) is 29.0 Å². The van der Waals surface area contributed by atoms with Gasteiger partial charge in [-0.25, -0.2) is 15.0 Å². The number of aliphatic hydroxyl groups is 1. The number of fused-ring (bicyclic) bond motifs is 3. The maximum atomic E-state index is 9.68. The number of anilines is 6. The van der Waals surface area contributed by atoms with Crippen molar-refractivity contribution in [1.29, 1.82) is 0 Å². The van der Waals surface area contributed by atoms with Gasteiger partial charge in [0.15, 0.2) is 0 Å². The Hall–Kier alpha value is -10.9. The summed E-state index contributed by atoms with van der Waals surface area (Å²) >= 11 is 0. The summed E-state index contributed by atoms with van der Waals surface area (Å²) in [4.78, 5) is 35.0. The Morgan fingerprint density at radius 1 is 0.400 bits per heavy atom. The molecule has 23 heteroatoms. The lowest BCUT2D eigenvalue weighted by Gasteiger charge is -2.26. The van der Waals surface area contributed by atoms with Crippen molar-refractivity contribution >= 4 is 67.2 Å². The van der Waals surface area contributed by atoms with Crippen LogP contribution in [0.15, 0.2) is 165 Å². The van der Waals surface area contributed by atoms with Gasteiger partial charge in [0.2, 0.25) is 0 Å². The second-order valence-corrected chi connectivity index (χ2v) is 23.3. The number of aryl methyl sites for hydroxylation is 2. The third kappa shape index (κ3) is 15.6. The van der Waals surface area contributed by atoms with Crippen molar-refractivity contribution in [3.05, 3.63) is 165 Å². The van der Waals surface area contributed by atoms with Crippen LogP contribution >= 0.6 is 0 Å². The van der Waals surface area contributed by atoms with Crippen LogP contribution < -0.4 is 43.1 Å². The Balaban J connectivity index is 0.000000137. The number of hydrogen-bond acceptors (Lipinski definition) is 20. The summed E-state index contributed by atoms with van der Waals surface area (Å²) in [6, 6.07) is 35.9. The van der Waals surface area contributed by atoms with Gasteiger partial charge >= 0.3 is 0 Å². The summed E-state index contributed by atoms with van der Waals surface area (Å²) in [5, 5.41) is 22.5. The molecule has 0 unspecified atom stereocenters. The van der Waals surface area contributed by atoms with Crippen molar-refractivity contribution in [2.75, 3.05) is 97.3 Å². The standard InChI is InChI=1S/C26H29N5O3.C24H25N5O2.C22H23N5O3/c1-32-9-8-30-17-19(14-28-30)26-15-27-24-7-6-20(12-25(24)29-26)31(16-18-4-5-18)21-10-22(33-2)13-23(11-21)34-3;1-28-15-17(12-26-28)24-13-25-22-7-6-18(10-23(22)27-24)29(14-16-4-5-16)19-8-20(30-2)11-21(9-19)31-3;1-26-14-15(12-24-26)22-13-23-20-5-4-16(10-21(20)25-22)27(6-7-28)17-8-18(29-2)11-19(9-17)30-3/h6-7,10-15,17-18H,4-5,8-9,16H2,1-3H3;6-13,15-16H,4-5,14H2,1-3H3;4-5,8-14,28H,6-7H2,1-3H3. The fraction of sp³-hybridized carbons (Fsp3) is 0.292. The topological polar surface area (TPSA) is 225 Å². The van der Waals surface area contributed by atoms with Gasteiger partial charge in [-0.05, 0) is 92.1 Å². The van der Waals surface area contributed by atoms with Crippen LogP contribution in [0.1, 0.15) is 25.7 Å². The lowest BCUT2D eigenvalue weighted by atomic mass is 10.1. The minimum absolute atomic E-state index is 0.0149. The number of rotatable bonds is 24. The van der Waals surface area contributed by atoms with Crippen molar-refractivity contribution in [2.24, 2.45) is 25.9 Å². The summed E-state index contributed by atoms with van der Waals surface area (Å²) in [5.74, 6) is 5.80. The Bertz CT molecular complexity index is 4540. The quantitative estimate of drug-likeness (QED) is 0.0593. The monoisotopic (exact) mass is 1280 g/mol. The minimum Gasteiger partial charge on any atom is -0.497 e. The molecule has 2 aliphatic carbocycles. The molecule has 0 aliphatic heterocycles. The number of methoxy groups -OCH3 is 7. The Morgan fingerprint density at radius 2 is 0.747 bits per heavy atom. The second kappa shape index (κ2) is 29.4. The zero-order valence-corrected chi connectivity index (χ0v) is 54.8. The van der Waals surface area contributed by atoms with Crippen LogP contribution in [0, 0.1) is 11.8 Å². The maximum Gasteiger partial charge on any atom is 0.124 e. The third-order valence-corrected chi connectivity index (χ3v) is 16.5. The zero-order chi connectivity index (χ0) is 66.0.